The number of rotatable bonds is 5. The number of aromatic nitrogens is 2. The second kappa shape index (κ2) is 6.43. The fourth-order valence-corrected chi connectivity index (χ4v) is 1.74. The van der Waals surface area contributed by atoms with E-state index in [1.165, 1.54) is 12.1 Å². The molecule has 4 nitrogen and oxygen atoms in total. The van der Waals surface area contributed by atoms with Crippen molar-refractivity contribution >= 4 is 11.5 Å². The maximum atomic E-state index is 13.2. The van der Waals surface area contributed by atoms with Gasteiger partial charge in [-0.15, -0.1) is 0 Å². The van der Waals surface area contributed by atoms with E-state index in [0.717, 1.165) is 11.4 Å². The average Bonchev–Trinajstić information content (AvgIpc) is 2.45. The third-order valence-electron chi connectivity index (χ3n) is 2.92. The molecule has 0 saturated carbocycles. The van der Waals surface area contributed by atoms with Gasteiger partial charge < -0.3 is 10.2 Å². The van der Waals surface area contributed by atoms with Crippen molar-refractivity contribution in [3.05, 3.63) is 48.2 Å². The van der Waals surface area contributed by atoms with Crippen LogP contribution in [-0.2, 0) is 6.54 Å². The standard InChI is InChI=1S/C15H19FN4/c1-11(2)17-8-13-9-19-15(10-18-13)20(3)14-6-4-5-12(16)7-14/h4-7,9-11,17H,8H2,1-3H3. The Hall–Kier alpha value is -2.01. The lowest BCUT2D eigenvalue weighted by Crippen LogP contribution is -2.22. The van der Waals surface area contributed by atoms with E-state index in [-0.39, 0.29) is 5.82 Å². The van der Waals surface area contributed by atoms with Crippen LogP contribution < -0.4 is 10.2 Å². The van der Waals surface area contributed by atoms with Crippen molar-refractivity contribution in [2.45, 2.75) is 26.4 Å². The number of hydrogen-bond acceptors (Lipinski definition) is 4. The lowest BCUT2D eigenvalue weighted by atomic mass is 10.3. The van der Waals surface area contributed by atoms with Crippen molar-refractivity contribution in [2.24, 2.45) is 0 Å². The Balaban J connectivity index is 2.09. The van der Waals surface area contributed by atoms with E-state index >= 15 is 0 Å². The zero-order valence-corrected chi connectivity index (χ0v) is 12.0. The fraction of sp³-hybridized carbons (Fsp3) is 0.333. The number of halogens is 1. The molecule has 0 unspecified atom stereocenters. The van der Waals surface area contributed by atoms with Gasteiger partial charge in [-0.05, 0) is 18.2 Å². The largest absolute Gasteiger partial charge is 0.328 e. The summed E-state index contributed by atoms with van der Waals surface area (Å²) >= 11 is 0. The van der Waals surface area contributed by atoms with Crippen LogP contribution in [0.15, 0.2) is 36.7 Å². The molecule has 2 aromatic rings. The molecule has 1 aromatic carbocycles. The van der Waals surface area contributed by atoms with Crippen molar-refractivity contribution in [3.8, 4) is 0 Å². The number of nitrogens with zero attached hydrogens (tertiary/aromatic N) is 3. The molecule has 5 heteroatoms. The van der Waals surface area contributed by atoms with Crippen LogP contribution in [0.25, 0.3) is 0 Å². The monoisotopic (exact) mass is 274 g/mol. The van der Waals surface area contributed by atoms with Gasteiger partial charge >= 0.3 is 0 Å². The minimum atomic E-state index is -0.264. The summed E-state index contributed by atoms with van der Waals surface area (Å²) in [4.78, 5) is 10.5. The van der Waals surface area contributed by atoms with E-state index in [1.54, 1.807) is 23.4 Å². The van der Waals surface area contributed by atoms with Gasteiger partial charge in [0.15, 0.2) is 5.82 Å². The van der Waals surface area contributed by atoms with Gasteiger partial charge in [-0.25, -0.2) is 9.37 Å². The Kier molecular flexibility index (Phi) is 4.63. The summed E-state index contributed by atoms with van der Waals surface area (Å²) in [7, 11) is 1.84. The highest BCUT2D eigenvalue weighted by Crippen LogP contribution is 2.21. The van der Waals surface area contributed by atoms with Crippen molar-refractivity contribution in [3.63, 3.8) is 0 Å². The van der Waals surface area contributed by atoms with Gasteiger partial charge in [0.2, 0.25) is 0 Å². The first kappa shape index (κ1) is 14.4. The van der Waals surface area contributed by atoms with Gasteiger partial charge in [0.25, 0.3) is 0 Å². The minimum Gasteiger partial charge on any atom is -0.328 e. The predicted octanol–water partition coefficient (Wildman–Crippen LogP) is 2.88. The van der Waals surface area contributed by atoms with E-state index in [0.29, 0.717) is 18.4 Å². The molecule has 1 N–H and O–H groups in total. The Morgan fingerprint density at radius 2 is 2.05 bits per heavy atom. The molecule has 1 aromatic heterocycles. The summed E-state index contributed by atoms with van der Waals surface area (Å²) < 4.78 is 13.2. The normalized spacial score (nSPS) is 10.8. The van der Waals surface area contributed by atoms with Crippen molar-refractivity contribution in [1.82, 2.24) is 15.3 Å². The summed E-state index contributed by atoms with van der Waals surface area (Å²) in [5.74, 6) is 0.420. The second-order valence-electron chi connectivity index (χ2n) is 4.94. The van der Waals surface area contributed by atoms with Crippen LogP contribution in [0.2, 0.25) is 0 Å². The molecule has 0 aliphatic heterocycles. The Morgan fingerprint density at radius 1 is 1.25 bits per heavy atom. The molecule has 0 amide bonds. The van der Waals surface area contributed by atoms with E-state index in [9.17, 15) is 4.39 Å². The lowest BCUT2D eigenvalue weighted by molar-refractivity contribution is 0.580. The van der Waals surface area contributed by atoms with E-state index < -0.39 is 0 Å². The molecule has 0 fully saturated rings. The molecule has 0 radical (unpaired) electrons. The quantitative estimate of drug-likeness (QED) is 0.910. The molecule has 106 valence electrons. The fourth-order valence-electron chi connectivity index (χ4n) is 1.74. The zero-order chi connectivity index (χ0) is 14.5. The van der Waals surface area contributed by atoms with Crippen LogP contribution >= 0.6 is 0 Å². The SMILES string of the molecule is CC(C)NCc1cnc(N(C)c2cccc(F)c2)cn1. The van der Waals surface area contributed by atoms with E-state index in [4.69, 9.17) is 0 Å². The Bertz CT molecular complexity index is 554. The summed E-state index contributed by atoms with van der Waals surface area (Å²) in [6.45, 7) is 4.85. The summed E-state index contributed by atoms with van der Waals surface area (Å²) in [5.41, 5.74) is 1.63. The zero-order valence-electron chi connectivity index (χ0n) is 12.0. The molecule has 20 heavy (non-hydrogen) atoms. The van der Waals surface area contributed by atoms with E-state index in [2.05, 4.69) is 29.1 Å². The molecule has 0 aliphatic rings. The van der Waals surface area contributed by atoms with Crippen LogP contribution in [0.1, 0.15) is 19.5 Å². The average molecular weight is 274 g/mol. The highest BCUT2D eigenvalue weighted by molar-refractivity contribution is 5.58. The van der Waals surface area contributed by atoms with Gasteiger partial charge in [-0.2, -0.15) is 0 Å². The second-order valence-corrected chi connectivity index (χ2v) is 4.94. The third kappa shape index (κ3) is 3.74. The molecule has 1 heterocycles. The molecule has 0 aliphatic carbocycles. The number of nitrogens with one attached hydrogen (secondary N) is 1. The maximum absolute atomic E-state index is 13.2. The molecular formula is C15H19FN4. The van der Waals surface area contributed by atoms with Crippen molar-refractivity contribution in [2.75, 3.05) is 11.9 Å². The highest BCUT2D eigenvalue weighted by atomic mass is 19.1. The number of benzene rings is 1. The highest BCUT2D eigenvalue weighted by Gasteiger charge is 2.07. The smallest absolute Gasteiger partial charge is 0.151 e. The van der Waals surface area contributed by atoms with Gasteiger partial charge in [-0.3, -0.25) is 4.98 Å². The van der Waals surface area contributed by atoms with Gasteiger partial charge in [0.05, 0.1) is 18.1 Å². The summed E-state index contributed by atoms with van der Waals surface area (Å²) in [6.07, 6.45) is 3.43. The van der Waals surface area contributed by atoms with E-state index in [1.807, 2.05) is 13.1 Å². The Morgan fingerprint density at radius 3 is 2.65 bits per heavy atom. The lowest BCUT2D eigenvalue weighted by Gasteiger charge is -2.18. The van der Waals surface area contributed by atoms with Crippen LogP contribution in [-0.4, -0.2) is 23.1 Å². The third-order valence-corrected chi connectivity index (χ3v) is 2.92. The molecular weight excluding hydrogens is 255 g/mol. The predicted molar refractivity (Wildman–Crippen MR) is 78.5 cm³/mol. The van der Waals surface area contributed by atoms with Crippen LogP contribution in [0.4, 0.5) is 15.9 Å². The summed E-state index contributed by atoms with van der Waals surface area (Å²) in [5, 5.41) is 3.28. The first-order chi connectivity index (χ1) is 9.56. The van der Waals surface area contributed by atoms with Crippen molar-refractivity contribution in [1.29, 1.82) is 0 Å². The van der Waals surface area contributed by atoms with Crippen molar-refractivity contribution < 1.29 is 4.39 Å². The first-order valence-corrected chi connectivity index (χ1v) is 6.60. The van der Waals surface area contributed by atoms with Gasteiger partial charge in [-0.1, -0.05) is 19.9 Å². The molecule has 0 bridgehead atoms. The number of hydrogen-bond donors (Lipinski definition) is 1. The molecule has 2 rings (SSSR count). The van der Waals surface area contributed by atoms with Gasteiger partial charge in [0, 0.05) is 25.3 Å². The number of anilines is 2. The maximum Gasteiger partial charge on any atom is 0.151 e. The summed E-state index contributed by atoms with van der Waals surface area (Å²) in [6, 6.07) is 6.81. The molecule has 0 saturated heterocycles. The topological polar surface area (TPSA) is 41.1 Å². The molecule has 0 spiro atoms. The first-order valence-electron chi connectivity index (χ1n) is 6.60. The Labute approximate surface area is 118 Å². The van der Waals surface area contributed by atoms with Gasteiger partial charge in [0.1, 0.15) is 5.82 Å². The molecule has 0 atom stereocenters. The van der Waals surface area contributed by atoms with Crippen LogP contribution in [0.3, 0.4) is 0 Å². The van der Waals surface area contributed by atoms with Crippen LogP contribution in [0.5, 0.6) is 0 Å². The minimum absolute atomic E-state index is 0.264. The van der Waals surface area contributed by atoms with Crippen LogP contribution in [0, 0.1) is 5.82 Å².